The molecular formula is C28H31NO4. The number of benzene rings is 1. The molecule has 0 saturated heterocycles. The maximum absolute atomic E-state index is 14.0. The summed E-state index contributed by atoms with van der Waals surface area (Å²) < 4.78 is 11.9. The molecule has 2 aromatic rings. The van der Waals surface area contributed by atoms with Crippen molar-refractivity contribution >= 4 is 5.78 Å². The van der Waals surface area contributed by atoms with Crippen LogP contribution in [0.25, 0.3) is 11.1 Å². The Hall–Kier alpha value is -3.08. The van der Waals surface area contributed by atoms with Crippen LogP contribution < -0.4 is 15.0 Å². The van der Waals surface area contributed by atoms with Gasteiger partial charge in [-0.25, -0.2) is 0 Å². The highest BCUT2D eigenvalue weighted by Gasteiger charge is 2.59. The van der Waals surface area contributed by atoms with E-state index in [2.05, 4.69) is 24.9 Å². The molecule has 1 fully saturated rings. The van der Waals surface area contributed by atoms with E-state index in [1.807, 2.05) is 43.3 Å². The lowest BCUT2D eigenvalue weighted by Gasteiger charge is -2.48. The number of aromatic amines is 1. The smallest absolute Gasteiger partial charge is 0.262 e. The molecule has 1 saturated carbocycles. The van der Waals surface area contributed by atoms with Crippen molar-refractivity contribution in [2.75, 3.05) is 7.11 Å². The van der Waals surface area contributed by atoms with E-state index in [0.717, 1.165) is 24.2 Å². The van der Waals surface area contributed by atoms with E-state index in [0.29, 0.717) is 29.1 Å². The first-order chi connectivity index (χ1) is 15.9. The molecule has 5 rings (SSSR count). The Morgan fingerprint density at radius 1 is 1.18 bits per heavy atom. The zero-order valence-electron chi connectivity index (χ0n) is 19.7. The molecule has 0 radical (unpaired) electrons. The van der Waals surface area contributed by atoms with Crippen LogP contribution in [0.15, 0.2) is 59.1 Å². The van der Waals surface area contributed by atoms with Gasteiger partial charge >= 0.3 is 0 Å². The molecule has 33 heavy (non-hydrogen) atoms. The van der Waals surface area contributed by atoms with Crippen LogP contribution in [0.1, 0.15) is 50.4 Å². The third-order valence-corrected chi connectivity index (χ3v) is 7.85. The quantitative estimate of drug-likeness (QED) is 0.627. The van der Waals surface area contributed by atoms with E-state index in [1.165, 1.54) is 12.0 Å². The second-order valence-corrected chi connectivity index (χ2v) is 9.82. The van der Waals surface area contributed by atoms with Gasteiger partial charge in [0.05, 0.1) is 7.11 Å². The highest BCUT2D eigenvalue weighted by Crippen LogP contribution is 2.55. The van der Waals surface area contributed by atoms with E-state index in [-0.39, 0.29) is 17.3 Å². The lowest BCUT2D eigenvalue weighted by Crippen LogP contribution is -2.54. The predicted octanol–water partition coefficient (Wildman–Crippen LogP) is 5.57. The number of nitrogens with one attached hydrogen (secondary N) is 1. The number of allylic oxidation sites excluding steroid dienone is 2. The highest BCUT2D eigenvalue weighted by atomic mass is 16.5. The molecule has 2 heterocycles. The number of fused-ring (bicyclic) bond motifs is 2. The fourth-order valence-electron chi connectivity index (χ4n) is 6.28. The Kier molecular flexibility index (Phi) is 5.31. The van der Waals surface area contributed by atoms with Gasteiger partial charge in [0.15, 0.2) is 5.60 Å². The second-order valence-electron chi connectivity index (χ2n) is 9.82. The molecule has 172 valence electrons. The van der Waals surface area contributed by atoms with Crippen LogP contribution in [0, 0.1) is 23.7 Å². The van der Waals surface area contributed by atoms with Crippen LogP contribution in [0.2, 0.25) is 0 Å². The van der Waals surface area contributed by atoms with Crippen molar-refractivity contribution in [1.82, 2.24) is 4.98 Å². The van der Waals surface area contributed by atoms with Crippen molar-refractivity contribution in [2.45, 2.75) is 45.6 Å². The Morgan fingerprint density at radius 2 is 1.94 bits per heavy atom. The van der Waals surface area contributed by atoms with Gasteiger partial charge in [0.2, 0.25) is 5.78 Å². The molecule has 0 unspecified atom stereocenters. The molecule has 0 bridgehead atoms. The standard InChI is InChI=1S/C28H31NO4/c1-5-6-23-21-13-16(2)7-12-20(21)17(3)14-28(23)26(30)24-25(33-28)22(15-29-27(24)31)18-8-10-19(32-4)11-9-18/h5-6,8-11,14-16,20-21,23H,7,12-13H2,1-4H3,(H,29,31)/b6-5+/t16-,20+,21-,23+,28-/m0/s1. The molecule has 5 heteroatoms. The number of aromatic nitrogens is 1. The molecule has 1 N–H and O–H groups in total. The average molecular weight is 446 g/mol. The fraction of sp³-hybridized carbons (Fsp3) is 0.429. The SMILES string of the molecule is C/C=C/[C@@H]1[C@H]2C[C@@H](C)CC[C@@H]2C(C)=C[C@]12Oc1c(-c3ccc(OC)cc3)c[nH]c(=O)c1C2=O. The van der Waals surface area contributed by atoms with Crippen molar-refractivity contribution < 1.29 is 14.3 Å². The number of H-pyrrole nitrogens is 1. The van der Waals surface area contributed by atoms with Crippen molar-refractivity contribution in [3.05, 3.63) is 70.2 Å². The lowest BCUT2D eigenvalue weighted by molar-refractivity contribution is 0.0193. The summed E-state index contributed by atoms with van der Waals surface area (Å²) >= 11 is 0. The molecule has 2 aliphatic carbocycles. The van der Waals surface area contributed by atoms with Crippen LogP contribution in [0.4, 0.5) is 0 Å². The summed E-state index contributed by atoms with van der Waals surface area (Å²) in [5, 5.41) is 0. The van der Waals surface area contributed by atoms with Gasteiger partial charge in [0.1, 0.15) is 17.1 Å². The Morgan fingerprint density at radius 3 is 2.64 bits per heavy atom. The molecule has 0 amide bonds. The van der Waals surface area contributed by atoms with Crippen LogP contribution in [0.3, 0.4) is 0 Å². The first-order valence-electron chi connectivity index (χ1n) is 11.9. The van der Waals surface area contributed by atoms with Gasteiger partial charge in [-0.1, -0.05) is 43.2 Å². The minimum Gasteiger partial charge on any atom is -0.497 e. The average Bonchev–Trinajstić information content (AvgIpc) is 3.10. The van der Waals surface area contributed by atoms with Crippen LogP contribution >= 0.6 is 0 Å². The summed E-state index contributed by atoms with van der Waals surface area (Å²) in [6, 6.07) is 7.55. The summed E-state index contributed by atoms with van der Waals surface area (Å²) in [6.07, 6.45) is 11.2. The van der Waals surface area contributed by atoms with Crippen LogP contribution in [-0.4, -0.2) is 23.5 Å². The van der Waals surface area contributed by atoms with Crippen molar-refractivity contribution in [1.29, 1.82) is 0 Å². The zero-order valence-corrected chi connectivity index (χ0v) is 19.7. The van der Waals surface area contributed by atoms with E-state index < -0.39 is 11.2 Å². The van der Waals surface area contributed by atoms with Crippen molar-refractivity contribution in [3.63, 3.8) is 0 Å². The number of pyridine rings is 1. The van der Waals surface area contributed by atoms with Crippen LogP contribution in [0.5, 0.6) is 11.5 Å². The number of rotatable bonds is 3. The largest absolute Gasteiger partial charge is 0.497 e. The fourth-order valence-corrected chi connectivity index (χ4v) is 6.28. The maximum Gasteiger partial charge on any atom is 0.262 e. The van der Waals surface area contributed by atoms with Crippen molar-refractivity contribution in [2.24, 2.45) is 23.7 Å². The van der Waals surface area contributed by atoms with Crippen LogP contribution in [-0.2, 0) is 0 Å². The molecule has 1 spiro atoms. The van der Waals surface area contributed by atoms with E-state index in [9.17, 15) is 9.59 Å². The number of Topliss-reactive ketones (excluding diaryl/α,β-unsaturated/α-hetero) is 1. The molecule has 5 nitrogen and oxygen atoms in total. The normalized spacial score (nSPS) is 30.7. The number of hydrogen-bond acceptors (Lipinski definition) is 4. The molecule has 1 aliphatic heterocycles. The third kappa shape index (κ3) is 3.28. The molecule has 3 aliphatic rings. The number of methoxy groups -OCH3 is 1. The maximum atomic E-state index is 14.0. The van der Waals surface area contributed by atoms with E-state index in [1.54, 1.807) is 13.3 Å². The minimum absolute atomic E-state index is 0.109. The highest BCUT2D eigenvalue weighted by molar-refractivity contribution is 6.10. The number of hydrogen-bond donors (Lipinski definition) is 1. The van der Waals surface area contributed by atoms with Gasteiger partial charge in [-0.2, -0.15) is 0 Å². The van der Waals surface area contributed by atoms with Gasteiger partial charge in [0, 0.05) is 17.7 Å². The second kappa shape index (κ2) is 8.05. The van der Waals surface area contributed by atoms with Gasteiger partial charge in [0.25, 0.3) is 5.56 Å². The van der Waals surface area contributed by atoms with Crippen molar-refractivity contribution in [3.8, 4) is 22.6 Å². The Balaban J connectivity index is 1.67. The summed E-state index contributed by atoms with van der Waals surface area (Å²) in [5.74, 6) is 2.16. The number of ketones is 1. The summed E-state index contributed by atoms with van der Waals surface area (Å²) in [4.78, 5) is 29.7. The lowest BCUT2D eigenvalue weighted by atomic mass is 9.58. The molecular weight excluding hydrogens is 414 g/mol. The van der Waals surface area contributed by atoms with Gasteiger partial charge in [-0.3, -0.25) is 9.59 Å². The number of carbonyl (C=O) groups excluding carboxylic acids is 1. The summed E-state index contributed by atoms with van der Waals surface area (Å²) in [5.41, 5.74) is 1.33. The summed E-state index contributed by atoms with van der Waals surface area (Å²) in [6.45, 7) is 6.40. The van der Waals surface area contributed by atoms with Gasteiger partial charge < -0.3 is 14.5 Å². The van der Waals surface area contributed by atoms with Gasteiger partial charge in [-0.05, 0) is 68.2 Å². The Bertz CT molecular complexity index is 1210. The third-order valence-electron chi connectivity index (χ3n) is 7.85. The predicted molar refractivity (Wildman–Crippen MR) is 129 cm³/mol. The monoisotopic (exact) mass is 445 g/mol. The first-order valence-corrected chi connectivity index (χ1v) is 11.9. The number of carbonyl (C=O) groups is 1. The van der Waals surface area contributed by atoms with E-state index in [4.69, 9.17) is 9.47 Å². The molecule has 5 atom stereocenters. The minimum atomic E-state index is -1.17. The molecule has 1 aromatic carbocycles. The Labute approximate surface area is 194 Å². The van der Waals surface area contributed by atoms with Gasteiger partial charge in [-0.15, -0.1) is 0 Å². The zero-order chi connectivity index (χ0) is 23.3. The first kappa shape index (κ1) is 21.7. The number of ether oxygens (including phenoxy) is 2. The topological polar surface area (TPSA) is 68.4 Å². The van der Waals surface area contributed by atoms with E-state index >= 15 is 0 Å². The molecule has 1 aromatic heterocycles. The summed E-state index contributed by atoms with van der Waals surface area (Å²) in [7, 11) is 1.62.